The molecule has 0 spiro atoms. The third kappa shape index (κ3) is 8.18. The van der Waals surface area contributed by atoms with Crippen molar-refractivity contribution in [1.82, 2.24) is 5.32 Å². The first-order valence-corrected chi connectivity index (χ1v) is 13.8. The number of thiophene rings is 1. The van der Waals surface area contributed by atoms with Crippen LogP contribution in [0.3, 0.4) is 0 Å². The Hall–Kier alpha value is -2.64. The number of benzene rings is 1. The maximum absolute atomic E-state index is 12.2. The zero-order valence-electron chi connectivity index (χ0n) is 20.5. The summed E-state index contributed by atoms with van der Waals surface area (Å²) in [6.07, 6.45) is -1.51. The number of halogens is 2. The summed E-state index contributed by atoms with van der Waals surface area (Å²) in [5.74, 6) is -1.77. The van der Waals surface area contributed by atoms with Crippen molar-refractivity contribution >= 4 is 69.9 Å². The molecule has 1 aromatic carbocycles. The fourth-order valence-corrected chi connectivity index (χ4v) is 5.81. The van der Waals surface area contributed by atoms with Crippen LogP contribution in [0.2, 0.25) is 10.0 Å². The van der Waals surface area contributed by atoms with E-state index in [1.807, 2.05) is 10.8 Å². The lowest BCUT2D eigenvalue weighted by molar-refractivity contribution is -0.203. The first-order chi connectivity index (χ1) is 18.1. The normalized spacial score (nSPS) is 23.3. The molecular weight excluding hydrogens is 577 g/mol. The summed E-state index contributed by atoms with van der Waals surface area (Å²) in [6, 6.07) is 5.89. The molecule has 2 heterocycles. The average Bonchev–Trinajstić information content (AvgIpc) is 3.38. The van der Waals surface area contributed by atoms with E-state index in [2.05, 4.69) is 10.4 Å². The van der Waals surface area contributed by atoms with Crippen LogP contribution in [0.5, 0.6) is 0 Å². The molecular formula is C24H25Cl2N3O7S2. The molecule has 3 rings (SSSR count). The second kappa shape index (κ2) is 13.9. The lowest BCUT2D eigenvalue weighted by Gasteiger charge is -2.45. The van der Waals surface area contributed by atoms with Crippen LogP contribution in [0.25, 0.3) is 5.70 Å². The number of carbonyl (C=O) groups is 3. The minimum atomic E-state index is -1.05. The molecule has 2 aromatic rings. The fraction of sp³-hybridized carbons (Fsp3) is 0.375. The Bertz CT molecular complexity index is 1200. The Balaban J connectivity index is 2.04. The second-order valence-electron chi connectivity index (χ2n) is 8.03. The molecule has 1 fully saturated rings. The van der Waals surface area contributed by atoms with Crippen molar-refractivity contribution in [3.63, 3.8) is 0 Å². The van der Waals surface area contributed by atoms with E-state index < -0.39 is 47.7 Å². The van der Waals surface area contributed by atoms with Crippen molar-refractivity contribution < 1.29 is 33.3 Å². The van der Waals surface area contributed by atoms with Crippen LogP contribution in [-0.2, 0) is 33.3 Å². The molecule has 1 aliphatic rings. The van der Waals surface area contributed by atoms with Gasteiger partial charge in [-0.15, -0.1) is 0 Å². The summed E-state index contributed by atoms with van der Waals surface area (Å²) in [5.41, 5.74) is 7.73. The lowest BCUT2D eigenvalue weighted by Crippen LogP contribution is -2.64. The van der Waals surface area contributed by atoms with Gasteiger partial charge in [0.2, 0.25) is 0 Å². The average molecular weight is 603 g/mol. The van der Waals surface area contributed by atoms with E-state index in [4.69, 9.17) is 47.7 Å². The standard InChI is InChI=1S/C24H25Cl2N3O7S2/c1-12(30)33-10-20-22(34-13(2)31)21(28-9-19(29-27)15-6-7-37-11-15)23(35-14(3)32)24(36-20)38-16-4-5-17(25)18(26)8-16/h4-9,11,20-24,27-28H,10H2,1-3H3/b19-9-,29-27?/t20?,21?,22-,23?,24+/m0/s1. The zero-order valence-corrected chi connectivity index (χ0v) is 23.7. The SMILES string of the molecule is CC(=O)OCC1O[C@H](Sc2ccc(Cl)c(Cl)c2)C(OC(C)=O)C(N/C=C(\N=N)c2ccsc2)[C@H]1OC(C)=O. The van der Waals surface area contributed by atoms with Crippen LogP contribution in [0.1, 0.15) is 26.3 Å². The molecule has 0 bridgehead atoms. The number of esters is 3. The number of nitrogens with zero attached hydrogens (tertiary/aromatic N) is 1. The Morgan fingerprint density at radius 1 is 1.11 bits per heavy atom. The van der Waals surface area contributed by atoms with E-state index in [1.165, 1.54) is 50.1 Å². The smallest absolute Gasteiger partial charge is 0.303 e. The van der Waals surface area contributed by atoms with E-state index >= 15 is 0 Å². The van der Waals surface area contributed by atoms with E-state index in [0.717, 1.165) is 0 Å². The lowest BCUT2D eigenvalue weighted by atomic mass is 9.96. The predicted molar refractivity (Wildman–Crippen MR) is 143 cm³/mol. The Morgan fingerprint density at radius 2 is 1.82 bits per heavy atom. The van der Waals surface area contributed by atoms with Crippen molar-refractivity contribution in [2.24, 2.45) is 5.11 Å². The number of carbonyl (C=O) groups excluding carboxylic acids is 3. The van der Waals surface area contributed by atoms with Crippen molar-refractivity contribution in [3.05, 3.63) is 56.8 Å². The number of rotatable bonds is 10. The number of hydrogen-bond acceptors (Lipinski definition) is 12. The van der Waals surface area contributed by atoms with E-state index in [-0.39, 0.29) is 6.61 Å². The van der Waals surface area contributed by atoms with Crippen LogP contribution in [0.4, 0.5) is 0 Å². The second-order valence-corrected chi connectivity index (χ2v) is 10.8. The molecule has 14 heteroatoms. The van der Waals surface area contributed by atoms with Gasteiger partial charge in [-0.3, -0.25) is 14.4 Å². The van der Waals surface area contributed by atoms with Gasteiger partial charge in [0.1, 0.15) is 29.9 Å². The minimum Gasteiger partial charge on any atom is -0.463 e. The molecule has 0 radical (unpaired) electrons. The van der Waals surface area contributed by atoms with Crippen LogP contribution in [-0.4, -0.2) is 54.3 Å². The topological polar surface area (TPSA) is 136 Å². The van der Waals surface area contributed by atoms with Crippen molar-refractivity contribution in [3.8, 4) is 0 Å². The molecule has 38 heavy (non-hydrogen) atoms. The number of ether oxygens (including phenoxy) is 4. The Morgan fingerprint density at radius 3 is 2.39 bits per heavy atom. The summed E-state index contributed by atoms with van der Waals surface area (Å²) >= 11 is 14.9. The van der Waals surface area contributed by atoms with Gasteiger partial charge in [0.15, 0.2) is 12.2 Å². The minimum absolute atomic E-state index is 0.236. The quantitative estimate of drug-likeness (QED) is 0.211. The monoisotopic (exact) mass is 601 g/mol. The number of nitrogens with one attached hydrogen (secondary N) is 2. The van der Waals surface area contributed by atoms with Gasteiger partial charge in [0, 0.05) is 42.8 Å². The number of hydrogen-bond donors (Lipinski definition) is 2. The highest BCUT2D eigenvalue weighted by atomic mass is 35.5. The highest BCUT2D eigenvalue weighted by Crippen LogP contribution is 2.38. The molecule has 0 aliphatic carbocycles. The molecule has 3 unspecified atom stereocenters. The molecule has 5 atom stereocenters. The van der Waals surface area contributed by atoms with E-state index in [1.54, 1.807) is 24.3 Å². The van der Waals surface area contributed by atoms with Gasteiger partial charge in [-0.1, -0.05) is 35.0 Å². The van der Waals surface area contributed by atoms with Gasteiger partial charge in [-0.2, -0.15) is 16.5 Å². The van der Waals surface area contributed by atoms with Crippen LogP contribution in [0.15, 0.2) is 51.2 Å². The maximum atomic E-state index is 12.2. The third-order valence-electron chi connectivity index (χ3n) is 5.20. The fourth-order valence-electron chi connectivity index (χ4n) is 3.64. The number of thioether (sulfide) groups is 1. The summed E-state index contributed by atoms with van der Waals surface area (Å²) in [4.78, 5) is 36.5. The summed E-state index contributed by atoms with van der Waals surface area (Å²) in [7, 11) is 0. The first-order valence-electron chi connectivity index (χ1n) is 11.2. The Kier molecular flexibility index (Phi) is 11.0. The Labute approximate surface area is 237 Å². The van der Waals surface area contributed by atoms with E-state index in [9.17, 15) is 14.4 Å². The van der Waals surface area contributed by atoms with E-state index in [0.29, 0.717) is 26.2 Å². The zero-order chi connectivity index (χ0) is 27.8. The molecule has 10 nitrogen and oxygen atoms in total. The molecule has 0 saturated carbocycles. The van der Waals surface area contributed by atoms with Gasteiger partial charge in [0.05, 0.1) is 10.0 Å². The van der Waals surface area contributed by atoms with Crippen LogP contribution >= 0.6 is 46.3 Å². The first kappa shape index (κ1) is 29.9. The van der Waals surface area contributed by atoms with Crippen molar-refractivity contribution in [2.45, 2.75) is 55.5 Å². The molecule has 1 saturated heterocycles. The van der Waals surface area contributed by atoms with Crippen molar-refractivity contribution in [1.29, 1.82) is 5.53 Å². The molecule has 204 valence electrons. The van der Waals surface area contributed by atoms with Crippen LogP contribution < -0.4 is 5.32 Å². The van der Waals surface area contributed by atoms with Gasteiger partial charge in [0.25, 0.3) is 0 Å². The highest BCUT2D eigenvalue weighted by molar-refractivity contribution is 7.99. The van der Waals surface area contributed by atoms with Gasteiger partial charge >= 0.3 is 17.9 Å². The molecule has 1 aromatic heterocycles. The van der Waals surface area contributed by atoms with Crippen molar-refractivity contribution in [2.75, 3.05) is 6.61 Å². The van der Waals surface area contributed by atoms with Gasteiger partial charge in [-0.25, -0.2) is 5.53 Å². The molecule has 1 aliphatic heterocycles. The van der Waals surface area contributed by atoms with Gasteiger partial charge in [-0.05, 0) is 29.6 Å². The summed E-state index contributed by atoms with van der Waals surface area (Å²) < 4.78 is 22.7. The highest BCUT2D eigenvalue weighted by Gasteiger charge is 2.50. The molecule has 0 amide bonds. The molecule has 2 N–H and O–H groups in total. The van der Waals surface area contributed by atoms with Gasteiger partial charge < -0.3 is 24.3 Å². The largest absolute Gasteiger partial charge is 0.463 e. The van der Waals surface area contributed by atoms with Crippen LogP contribution in [0, 0.1) is 5.53 Å². The maximum Gasteiger partial charge on any atom is 0.303 e. The summed E-state index contributed by atoms with van der Waals surface area (Å²) in [5, 5.41) is 11.0. The summed E-state index contributed by atoms with van der Waals surface area (Å²) in [6.45, 7) is 3.48. The predicted octanol–water partition coefficient (Wildman–Crippen LogP) is 5.29. The third-order valence-corrected chi connectivity index (χ3v) is 7.76.